The van der Waals surface area contributed by atoms with E-state index >= 15 is 0 Å². The number of rotatable bonds is 4. The molecule has 0 amide bonds. The van der Waals surface area contributed by atoms with Crippen molar-refractivity contribution in [3.8, 4) is 0 Å². The van der Waals surface area contributed by atoms with E-state index in [9.17, 15) is 0 Å². The Morgan fingerprint density at radius 2 is 1.62 bits per heavy atom. The minimum Gasteiger partial charge on any atom is -0.338 e. The predicted molar refractivity (Wildman–Crippen MR) is 68.9 cm³/mol. The van der Waals surface area contributed by atoms with Crippen LogP contribution in [0, 0.1) is 6.07 Å². The molecule has 0 aliphatic carbocycles. The SMILES string of the molecule is C=CCN(c1cc[c]cc1)c1ccccc1. The third-order valence-corrected chi connectivity index (χ3v) is 2.39. The van der Waals surface area contributed by atoms with E-state index in [0.29, 0.717) is 0 Å². The molecule has 0 fully saturated rings. The molecule has 79 valence electrons. The minimum atomic E-state index is 0.800. The van der Waals surface area contributed by atoms with E-state index in [1.54, 1.807) is 0 Å². The number of para-hydroxylation sites is 1. The molecule has 0 aliphatic rings. The van der Waals surface area contributed by atoms with Crippen molar-refractivity contribution in [1.82, 2.24) is 0 Å². The average molecular weight is 208 g/mol. The van der Waals surface area contributed by atoms with Crippen LogP contribution in [0.25, 0.3) is 0 Å². The summed E-state index contributed by atoms with van der Waals surface area (Å²) in [4.78, 5) is 2.21. The van der Waals surface area contributed by atoms with Gasteiger partial charge in [0.05, 0.1) is 0 Å². The Labute approximate surface area is 96.7 Å². The smallest absolute Gasteiger partial charge is 0.0414 e. The Kier molecular flexibility index (Phi) is 3.39. The second-order valence-corrected chi connectivity index (χ2v) is 3.49. The van der Waals surface area contributed by atoms with Gasteiger partial charge in [-0.15, -0.1) is 6.58 Å². The van der Waals surface area contributed by atoms with Gasteiger partial charge in [0.15, 0.2) is 0 Å². The number of benzene rings is 2. The van der Waals surface area contributed by atoms with Crippen LogP contribution in [0.3, 0.4) is 0 Å². The van der Waals surface area contributed by atoms with E-state index in [4.69, 9.17) is 0 Å². The zero-order valence-electron chi connectivity index (χ0n) is 9.13. The minimum absolute atomic E-state index is 0.800. The molecule has 16 heavy (non-hydrogen) atoms. The van der Waals surface area contributed by atoms with Crippen molar-refractivity contribution in [3.05, 3.63) is 73.3 Å². The summed E-state index contributed by atoms with van der Waals surface area (Å²) in [5.74, 6) is 0. The van der Waals surface area contributed by atoms with Gasteiger partial charge in [-0.25, -0.2) is 0 Å². The van der Waals surface area contributed by atoms with E-state index in [2.05, 4.69) is 41.8 Å². The zero-order chi connectivity index (χ0) is 11.2. The fourth-order valence-electron chi connectivity index (χ4n) is 1.65. The first kappa shape index (κ1) is 10.5. The van der Waals surface area contributed by atoms with Crippen LogP contribution in [0.1, 0.15) is 0 Å². The van der Waals surface area contributed by atoms with Crippen LogP contribution >= 0.6 is 0 Å². The van der Waals surface area contributed by atoms with Crippen LogP contribution in [0.15, 0.2) is 67.3 Å². The van der Waals surface area contributed by atoms with Gasteiger partial charge in [-0.2, -0.15) is 0 Å². The first-order valence-corrected chi connectivity index (χ1v) is 5.31. The quantitative estimate of drug-likeness (QED) is 0.690. The average Bonchev–Trinajstić information content (AvgIpc) is 2.38. The maximum Gasteiger partial charge on any atom is 0.0414 e. The van der Waals surface area contributed by atoms with E-state index in [1.165, 1.54) is 5.69 Å². The number of nitrogens with zero attached hydrogens (tertiary/aromatic N) is 1. The van der Waals surface area contributed by atoms with Gasteiger partial charge < -0.3 is 4.90 Å². The Morgan fingerprint density at radius 3 is 2.25 bits per heavy atom. The highest BCUT2D eigenvalue weighted by Gasteiger charge is 2.05. The molecule has 0 unspecified atom stereocenters. The highest BCUT2D eigenvalue weighted by molar-refractivity contribution is 5.63. The molecule has 0 aliphatic heterocycles. The fourth-order valence-corrected chi connectivity index (χ4v) is 1.65. The van der Waals surface area contributed by atoms with Gasteiger partial charge in [-0.05, 0) is 30.3 Å². The molecule has 0 saturated heterocycles. The zero-order valence-corrected chi connectivity index (χ0v) is 9.13. The van der Waals surface area contributed by atoms with Gasteiger partial charge in [0.2, 0.25) is 0 Å². The van der Waals surface area contributed by atoms with Crippen molar-refractivity contribution in [2.45, 2.75) is 0 Å². The lowest BCUT2D eigenvalue weighted by Crippen LogP contribution is -2.16. The normalized spacial score (nSPS) is 9.75. The first-order valence-electron chi connectivity index (χ1n) is 5.31. The van der Waals surface area contributed by atoms with Crippen molar-refractivity contribution in [2.24, 2.45) is 0 Å². The summed E-state index contributed by atoms with van der Waals surface area (Å²) in [5, 5.41) is 0. The topological polar surface area (TPSA) is 3.24 Å². The van der Waals surface area contributed by atoms with Crippen LogP contribution in [0.2, 0.25) is 0 Å². The van der Waals surface area contributed by atoms with Crippen molar-refractivity contribution in [3.63, 3.8) is 0 Å². The van der Waals surface area contributed by atoms with E-state index in [1.807, 2.05) is 36.4 Å². The molecule has 1 radical (unpaired) electrons. The molecule has 1 nitrogen and oxygen atoms in total. The standard InChI is InChI=1S/C15H14N/c1-2-13-16(14-9-5-3-6-10-14)15-11-7-4-8-12-15/h2-3,5-12H,1,13H2. The van der Waals surface area contributed by atoms with Crippen LogP contribution < -0.4 is 4.90 Å². The van der Waals surface area contributed by atoms with Crippen molar-refractivity contribution in [2.75, 3.05) is 11.4 Å². The highest BCUT2D eigenvalue weighted by atomic mass is 15.1. The van der Waals surface area contributed by atoms with Crippen molar-refractivity contribution < 1.29 is 0 Å². The molecular weight excluding hydrogens is 194 g/mol. The molecule has 0 bridgehead atoms. The third kappa shape index (κ3) is 2.31. The Morgan fingerprint density at radius 1 is 1.00 bits per heavy atom. The van der Waals surface area contributed by atoms with Crippen LogP contribution in [-0.2, 0) is 0 Å². The van der Waals surface area contributed by atoms with Crippen molar-refractivity contribution in [1.29, 1.82) is 0 Å². The van der Waals surface area contributed by atoms with Gasteiger partial charge in [0.25, 0.3) is 0 Å². The second kappa shape index (κ2) is 5.17. The monoisotopic (exact) mass is 208 g/mol. The van der Waals surface area contributed by atoms with Crippen LogP contribution in [0.5, 0.6) is 0 Å². The van der Waals surface area contributed by atoms with Gasteiger partial charge in [0.1, 0.15) is 0 Å². The Balaban J connectivity index is 2.35. The largest absolute Gasteiger partial charge is 0.338 e. The molecule has 0 saturated carbocycles. The molecule has 2 aromatic rings. The molecule has 2 rings (SSSR count). The third-order valence-electron chi connectivity index (χ3n) is 2.39. The summed E-state index contributed by atoms with van der Waals surface area (Å²) in [6.07, 6.45) is 1.91. The lowest BCUT2D eigenvalue weighted by molar-refractivity contribution is 1.10. The molecule has 0 atom stereocenters. The van der Waals surface area contributed by atoms with E-state index < -0.39 is 0 Å². The summed E-state index contributed by atoms with van der Waals surface area (Å²) in [7, 11) is 0. The molecule has 0 N–H and O–H groups in total. The predicted octanol–water partition coefficient (Wildman–Crippen LogP) is 3.81. The lowest BCUT2D eigenvalue weighted by Gasteiger charge is -2.23. The molecule has 1 heteroatoms. The summed E-state index contributed by atoms with van der Waals surface area (Å²) in [6.45, 7) is 4.60. The van der Waals surface area contributed by atoms with Crippen LogP contribution in [0.4, 0.5) is 11.4 Å². The summed E-state index contributed by atoms with van der Waals surface area (Å²) >= 11 is 0. The first-order chi connectivity index (χ1) is 7.92. The lowest BCUT2D eigenvalue weighted by atomic mass is 10.2. The Bertz CT molecular complexity index is 394. The van der Waals surface area contributed by atoms with E-state index in [0.717, 1.165) is 12.2 Å². The Hall–Kier alpha value is -2.02. The summed E-state index contributed by atoms with van der Waals surface area (Å²) < 4.78 is 0. The van der Waals surface area contributed by atoms with Gasteiger partial charge in [0, 0.05) is 17.9 Å². The molecule has 0 aromatic heterocycles. The molecule has 2 aromatic carbocycles. The number of hydrogen-bond donors (Lipinski definition) is 0. The maximum absolute atomic E-state index is 3.80. The van der Waals surface area contributed by atoms with Gasteiger partial charge >= 0.3 is 0 Å². The van der Waals surface area contributed by atoms with Crippen molar-refractivity contribution >= 4 is 11.4 Å². The molecular formula is C15H14N. The van der Waals surface area contributed by atoms with Gasteiger partial charge in [-0.3, -0.25) is 0 Å². The van der Waals surface area contributed by atoms with Crippen LogP contribution in [-0.4, -0.2) is 6.54 Å². The molecule has 0 spiro atoms. The number of anilines is 2. The second-order valence-electron chi connectivity index (χ2n) is 3.49. The highest BCUT2D eigenvalue weighted by Crippen LogP contribution is 2.24. The van der Waals surface area contributed by atoms with E-state index in [-0.39, 0.29) is 0 Å². The van der Waals surface area contributed by atoms with Gasteiger partial charge in [-0.1, -0.05) is 36.4 Å². The summed E-state index contributed by atoms with van der Waals surface area (Å²) in [5.41, 5.74) is 2.33. The maximum atomic E-state index is 3.80. The fraction of sp³-hybridized carbons (Fsp3) is 0.0667. The number of hydrogen-bond acceptors (Lipinski definition) is 1. The molecule has 0 heterocycles. The summed E-state index contributed by atoms with van der Waals surface area (Å²) in [6, 6.07) is 21.3.